The Hall–Kier alpha value is -3.98. The molecule has 0 saturated heterocycles. The first-order chi connectivity index (χ1) is 15.5. The minimum absolute atomic E-state index is 0.223. The lowest BCUT2D eigenvalue weighted by atomic mass is 10.1. The number of amides is 1. The summed E-state index contributed by atoms with van der Waals surface area (Å²) >= 11 is 5.86. The number of carbonyl (C=O) groups is 1. The monoisotopic (exact) mass is 450 g/mol. The van der Waals surface area contributed by atoms with E-state index in [0.717, 1.165) is 15.8 Å². The van der Waals surface area contributed by atoms with Crippen molar-refractivity contribution in [1.29, 1.82) is 0 Å². The van der Waals surface area contributed by atoms with Gasteiger partial charge in [0.05, 0.1) is 5.69 Å². The molecule has 32 heavy (non-hydrogen) atoms. The predicted octanol–water partition coefficient (Wildman–Crippen LogP) is 2.92. The van der Waals surface area contributed by atoms with Crippen LogP contribution in [0.5, 0.6) is 0 Å². The number of hydrogen-bond acceptors (Lipinski definition) is 4. The quantitative estimate of drug-likeness (QED) is 0.446. The molecule has 0 aliphatic carbocycles. The van der Waals surface area contributed by atoms with Crippen LogP contribution in [0.1, 0.15) is 5.56 Å². The van der Waals surface area contributed by atoms with Gasteiger partial charge in [-0.25, -0.2) is 22.8 Å². The third kappa shape index (κ3) is 3.74. The van der Waals surface area contributed by atoms with E-state index in [0.29, 0.717) is 28.4 Å². The van der Waals surface area contributed by atoms with Crippen LogP contribution in [0.4, 0.5) is 4.39 Å². The van der Waals surface area contributed by atoms with Crippen molar-refractivity contribution < 1.29 is 9.18 Å². The summed E-state index contributed by atoms with van der Waals surface area (Å²) in [5.74, 6) is -0.679. The Balaban J connectivity index is 1.41. The molecular weight excluding hydrogens is 435 g/mol. The number of aromatic nitrogens is 5. The zero-order valence-electron chi connectivity index (χ0n) is 16.6. The summed E-state index contributed by atoms with van der Waals surface area (Å²) in [6, 6.07) is 14.9. The molecule has 1 N–H and O–H groups in total. The van der Waals surface area contributed by atoms with Crippen LogP contribution in [-0.4, -0.2) is 29.7 Å². The van der Waals surface area contributed by atoms with Crippen molar-refractivity contribution in [3.63, 3.8) is 0 Å². The lowest BCUT2D eigenvalue weighted by Gasteiger charge is -2.05. The van der Waals surface area contributed by atoms with Gasteiger partial charge in [-0.05, 0) is 48.0 Å². The highest BCUT2D eigenvalue weighted by atomic mass is 35.5. The van der Waals surface area contributed by atoms with Gasteiger partial charge in [-0.2, -0.15) is 5.10 Å². The fourth-order valence-corrected chi connectivity index (χ4v) is 3.52. The summed E-state index contributed by atoms with van der Waals surface area (Å²) in [5, 5.41) is 12.2. The Kier molecular flexibility index (Phi) is 4.95. The van der Waals surface area contributed by atoms with Crippen molar-refractivity contribution in [2.45, 2.75) is 13.1 Å². The molecule has 0 saturated carbocycles. The lowest BCUT2D eigenvalue weighted by Crippen LogP contribution is -2.32. The molecule has 2 aromatic carbocycles. The maximum absolute atomic E-state index is 13.2. The highest BCUT2D eigenvalue weighted by Gasteiger charge is 2.15. The van der Waals surface area contributed by atoms with Gasteiger partial charge in [0.25, 0.3) is 0 Å². The third-order valence-electron chi connectivity index (χ3n) is 5.03. The van der Waals surface area contributed by atoms with E-state index in [1.165, 1.54) is 16.5 Å². The number of nitrogens with zero attached hydrogens (tertiary/aromatic N) is 5. The van der Waals surface area contributed by atoms with Crippen LogP contribution >= 0.6 is 11.6 Å². The maximum Gasteiger partial charge on any atom is 0.350 e. The van der Waals surface area contributed by atoms with Crippen LogP contribution in [0.2, 0.25) is 5.02 Å². The third-order valence-corrected chi connectivity index (χ3v) is 5.28. The van der Waals surface area contributed by atoms with Crippen LogP contribution in [0.3, 0.4) is 0 Å². The molecule has 0 fully saturated rings. The summed E-state index contributed by atoms with van der Waals surface area (Å²) in [6.45, 7) is 0.0885. The Morgan fingerprint density at radius 2 is 1.78 bits per heavy atom. The van der Waals surface area contributed by atoms with E-state index in [1.807, 2.05) is 12.1 Å². The topological polar surface area (TPSA) is 85.7 Å². The van der Waals surface area contributed by atoms with Gasteiger partial charge in [0.15, 0.2) is 5.65 Å². The van der Waals surface area contributed by atoms with Crippen LogP contribution in [-0.2, 0) is 17.9 Å². The van der Waals surface area contributed by atoms with Crippen LogP contribution in [0.25, 0.3) is 22.4 Å². The Morgan fingerprint density at radius 3 is 2.53 bits per heavy atom. The van der Waals surface area contributed by atoms with Gasteiger partial charge in [0.1, 0.15) is 17.9 Å². The first-order valence-corrected chi connectivity index (χ1v) is 10.1. The fraction of sp³-hybridized carbons (Fsp3) is 0.0909. The summed E-state index contributed by atoms with van der Waals surface area (Å²) in [7, 11) is 0. The first-order valence-electron chi connectivity index (χ1n) is 9.72. The van der Waals surface area contributed by atoms with Crippen molar-refractivity contribution in [3.8, 4) is 11.3 Å². The van der Waals surface area contributed by atoms with Crippen LogP contribution < -0.4 is 11.0 Å². The summed E-state index contributed by atoms with van der Waals surface area (Å²) in [5.41, 5.74) is 2.75. The summed E-state index contributed by atoms with van der Waals surface area (Å²) in [4.78, 5) is 25.1. The second kappa shape index (κ2) is 7.93. The normalized spacial score (nSPS) is 11.3. The molecule has 10 heteroatoms. The van der Waals surface area contributed by atoms with Crippen molar-refractivity contribution >= 4 is 28.7 Å². The molecule has 0 spiro atoms. The molecule has 0 radical (unpaired) electrons. The molecule has 5 aromatic rings. The number of carbonyl (C=O) groups excluding carboxylic acids is 1. The standard InChI is InChI=1S/C22H16ClFN6O2/c23-16-5-1-14(2-6-16)12-25-20(31)13-30-22(32)28-9-10-29-19(21(28)27-30)11-18(26-29)15-3-7-17(24)8-4-15/h1-11H,12-13H2,(H,25,31). The molecular formula is C22H16ClFN6O2. The molecule has 3 aromatic heterocycles. The van der Waals surface area contributed by atoms with Gasteiger partial charge in [-0.15, -0.1) is 5.10 Å². The molecule has 1 amide bonds. The molecule has 0 unspecified atom stereocenters. The van der Waals surface area contributed by atoms with Crippen molar-refractivity contribution in [2.24, 2.45) is 0 Å². The highest BCUT2D eigenvalue weighted by molar-refractivity contribution is 6.30. The highest BCUT2D eigenvalue weighted by Crippen LogP contribution is 2.21. The van der Waals surface area contributed by atoms with Gasteiger partial charge in [-0.1, -0.05) is 23.7 Å². The average Bonchev–Trinajstić information content (AvgIpc) is 3.35. The van der Waals surface area contributed by atoms with Gasteiger partial charge >= 0.3 is 5.69 Å². The minimum Gasteiger partial charge on any atom is -0.350 e. The number of rotatable bonds is 5. The maximum atomic E-state index is 13.2. The molecule has 5 rings (SSSR count). The van der Waals surface area contributed by atoms with Crippen molar-refractivity contribution in [1.82, 2.24) is 29.1 Å². The first kappa shape index (κ1) is 20.0. The number of nitrogens with one attached hydrogen (secondary N) is 1. The van der Waals surface area contributed by atoms with Gasteiger partial charge < -0.3 is 5.32 Å². The molecule has 3 heterocycles. The van der Waals surface area contributed by atoms with Crippen molar-refractivity contribution in [3.05, 3.63) is 93.9 Å². The molecule has 0 atom stereocenters. The zero-order valence-corrected chi connectivity index (χ0v) is 17.3. The Morgan fingerprint density at radius 1 is 1.03 bits per heavy atom. The number of fused-ring (bicyclic) bond motifs is 3. The van der Waals surface area contributed by atoms with E-state index in [1.54, 1.807) is 47.2 Å². The smallest absolute Gasteiger partial charge is 0.350 e. The molecule has 0 aliphatic rings. The van der Waals surface area contributed by atoms with Crippen LogP contribution in [0.15, 0.2) is 71.8 Å². The predicted molar refractivity (Wildman–Crippen MR) is 117 cm³/mol. The largest absolute Gasteiger partial charge is 0.350 e. The van der Waals surface area contributed by atoms with E-state index in [2.05, 4.69) is 15.5 Å². The van der Waals surface area contributed by atoms with Gasteiger partial charge in [0.2, 0.25) is 5.91 Å². The van der Waals surface area contributed by atoms with E-state index in [4.69, 9.17) is 11.6 Å². The summed E-state index contributed by atoms with van der Waals surface area (Å²) < 4.78 is 17.3. The van der Waals surface area contributed by atoms with Gasteiger partial charge in [-0.3, -0.25) is 4.79 Å². The number of benzene rings is 2. The molecule has 0 aliphatic heterocycles. The Labute approximate surface area is 185 Å². The minimum atomic E-state index is -0.436. The van der Waals surface area contributed by atoms with Gasteiger partial charge in [0, 0.05) is 29.5 Å². The molecule has 8 nitrogen and oxygen atoms in total. The second-order valence-electron chi connectivity index (χ2n) is 7.20. The zero-order chi connectivity index (χ0) is 22.2. The van der Waals surface area contributed by atoms with Crippen LogP contribution in [0, 0.1) is 5.82 Å². The van der Waals surface area contributed by atoms with E-state index in [-0.39, 0.29) is 18.3 Å². The lowest BCUT2D eigenvalue weighted by molar-refractivity contribution is -0.122. The van der Waals surface area contributed by atoms with E-state index >= 15 is 0 Å². The summed E-state index contributed by atoms with van der Waals surface area (Å²) in [6.07, 6.45) is 3.17. The second-order valence-corrected chi connectivity index (χ2v) is 7.64. The number of hydrogen-bond donors (Lipinski definition) is 1. The van der Waals surface area contributed by atoms with Crippen molar-refractivity contribution in [2.75, 3.05) is 0 Å². The fourth-order valence-electron chi connectivity index (χ4n) is 3.39. The SMILES string of the molecule is O=C(Cn1nc2c3cc(-c4ccc(F)cc4)nn3ccn2c1=O)NCc1ccc(Cl)cc1. The van der Waals surface area contributed by atoms with E-state index in [9.17, 15) is 14.0 Å². The molecule has 160 valence electrons. The Bertz CT molecular complexity index is 1500. The molecule has 0 bridgehead atoms. The average molecular weight is 451 g/mol. The van der Waals surface area contributed by atoms with E-state index < -0.39 is 5.69 Å². The number of halogens is 2.